The van der Waals surface area contributed by atoms with Gasteiger partial charge in [0.15, 0.2) is 5.96 Å². The molecule has 0 radical (unpaired) electrons. The number of hydrogen-bond donors (Lipinski definition) is 3. The average Bonchev–Trinajstić information content (AvgIpc) is 2.66. The fourth-order valence-corrected chi connectivity index (χ4v) is 4.00. The summed E-state index contributed by atoms with van der Waals surface area (Å²) in [7, 11) is 1.80. The fourth-order valence-electron chi connectivity index (χ4n) is 4.00. The van der Waals surface area contributed by atoms with Crippen molar-refractivity contribution in [2.45, 2.75) is 51.5 Å². The first-order valence-corrected chi connectivity index (χ1v) is 9.77. The molecule has 2 aliphatic rings. The minimum Gasteiger partial charge on any atom is -0.508 e. The van der Waals surface area contributed by atoms with Crippen LogP contribution in [0.4, 0.5) is 0 Å². The largest absolute Gasteiger partial charge is 0.508 e. The van der Waals surface area contributed by atoms with Crippen molar-refractivity contribution in [3.63, 3.8) is 0 Å². The molecule has 5 nitrogen and oxygen atoms in total. The molecule has 1 aromatic carbocycles. The summed E-state index contributed by atoms with van der Waals surface area (Å²) in [6.07, 6.45) is 8.69. The van der Waals surface area contributed by atoms with Crippen LogP contribution in [-0.4, -0.2) is 49.2 Å². The van der Waals surface area contributed by atoms with E-state index in [4.69, 9.17) is 0 Å². The summed E-state index contributed by atoms with van der Waals surface area (Å²) < 4.78 is 0. The van der Waals surface area contributed by atoms with Gasteiger partial charge >= 0.3 is 0 Å². The van der Waals surface area contributed by atoms with Crippen LogP contribution in [0.2, 0.25) is 0 Å². The lowest BCUT2D eigenvalue weighted by Gasteiger charge is -2.26. The van der Waals surface area contributed by atoms with Crippen LogP contribution in [0.15, 0.2) is 17.1 Å². The summed E-state index contributed by atoms with van der Waals surface area (Å²) in [6, 6.07) is 3.92. The Hall–Kier alpha value is -1.75. The minimum absolute atomic E-state index is 0.400. The summed E-state index contributed by atoms with van der Waals surface area (Å²) >= 11 is 0. The predicted molar refractivity (Wildman–Crippen MR) is 103 cm³/mol. The maximum Gasteiger partial charge on any atom is 0.191 e. The molecule has 5 heteroatoms. The summed E-state index contributed by atoms with van der Waals surface area (Å²) in [6.45, 7) is 5.03. The zero-order chi connectivity index (χ0) is 17.5. The SMILES string of the molecule is CN=C(NCCN1CCCCC1)NCc1c(O)ccc2c1CCCC2. The Balaban J connectivity index is 1.51. The zero-order valence-electron chi connectivity index (χ0n) is 15.5. The lowest BCUT2D eigenvalue weighted by Crippen LogP contribution is -2.42. The molecule has 1 heterocycles. The van der Waals surface area contributed by atoms with E-state index in [1.807, 2.05) is 6.07 Å². The number of rotatable bonds is 5. The number of nitrogens with one attached hydrogen (secondary N) is 2. The van der Waals surface area contributed by atoms with Crippen molar-refractivity contribution in [2.75, 3.05) is 33.2 Å². The summed E-state index contributed by atoms with van der Waals surface area (Å²) in [5, 5.41) is 17.1. The molecule has 0 aromatic heterocycles. The molecule has 1 aliphatic carbocycles. The summed E-state index contributed by atoms with van der Waals surface area (Å²) in [5.41, 5.74) is 3.77. The van der Waals surface area contributed by atoms with E-state index in [-0.39, 0.29) is 0 Å². The van der Waals surface area contributed by atoms with Gasteiger partial charge in [0.1, 0.15) is 5.75 Å². The molecule has 25 heavy (non-hydrogen) atoms. The Labute approximate surface area is 151 Å². The second-order valence-corrected chi connectivity index (χ2v) is 7.16. The number of fused-ring (bicyclic) bond motifs is 1. The number of guanidine groups is 1. The Morgan fingerprint density at radius 3 is 2.68 bits per heavy atom. The Morgan fingerprint density at radius 1 is 1.08 bits per heavy atom. The number of phenols is 1. The normalized spacial score (nSPS) is 18.7. The van der Waals surface area contributed by atoms with Crippen LogP contribution in [-0.2, 0) is 19.4 Å². The third kappa shape index (κ3) is 4.88. The van der Waals surface area contributed by atoms with Gasteiger partial charge in [0.25, 0.3) is 0 Å². The van der Waals surface area contributed by atoms with Crippen LogP contribution in [0.1, 0.15) is 48.8 Å². The van der Waals surface area contributed by atoms with Crippen LogP contribution in [0.5, 0.6) is 5.75 Å². The first-order valence-electron chi connectivity index (χ1n) is 9.77. The number of phenolic OH excluding ortho intramolecular Hbond substituents is 1. The van der Waals surface area contributed by atoms with Crippen molar-refractivity contribution in [3.05, 3.63) is 28.8 Å². The van der Waals surface area contributed by atoms with E-state index in [9.17, 15) is 5.11 Å². The number of benzene rings is 1. The Bertz CT molecular complexity index is 594. The van der Waals surface area contributed by atoms with Crippen LogP contribution >= 0.6 is 0 Å². The van der Waals surface area contributed by atoms with Gasteiger partial charge in [0, 0.05) is 32.2 Å². The third-order valence-electron chi connectivity index (χ3n) is 5.45. The third-order valence-corrected chi connectivity index (χ3v) is 5.45. The molecule has 1 aliphatic heterocycles. The van der Waals surface area contributed by atoms with Crippen LogP contribution < -0.4 is 10.6 Å². The molecule has 138 valence electrons. The van der Waals surface area contributed by atoms with E-state index in [0.29, 0.717) is 12.3 Å². The smallest absolute Gasteiger partial charge is 0.191 e. The molecule has 3 N–H and O–H groups in total. The van der Waals surface area contributed by atoms with Gasteiger partial charge in [-0.15, -0.1) is 0 Å². The summed E-state index contributed by atoms with van der Waals surface area (Å²) in [4.78, 5) is 6.84. The predicted octanol–water partition coefficient (Wildman–Crippen LogP) is 2.42. The van der Waals surface area contributed by atoms with Crippen LogP contribution in [0, 0.1) is 0 Å². The molecule has 0 unspecified atom stereocenters. The van der Waals surface area contributed by atoms with Crippen molar-refractivity contribution < 1.29 is 5.11 Å². The van der Waals surface area contributed by atoms with Gasteiger partial charge in [0.2, 0.25) is 0 Å². The average molecular weight is 345 g/mol. The molecule has 0 spiro atoms. The van der Waals surface area contributed by atoms with E-state index >= 15 is 0 Å². The topological polar surface area (TPSA) is 59.9 Å². The van der Waals surface area contributed by atoms with Crippen molar-refractivity contribution in [1.82, 2.24) is 15.5 Å². The molecule has 3 rings (SSSR count). The first kappa shape index (κ1) is 18.1. The zero-order valence-corrected chi connectivity index (χ0v) is 15.5. The number of piperidine rings is 1. The molecule has 1 fully saturated rings. The number of aryl methyl sites for hydroxylation is 1. The lowest BCUT2D eigenvalue weighted by atomic mass is 9.88. The molecule has 0 saturated carbocycles. The molecule has 0 amide bonds. The maximum atomic E-state index is 10.3. The maximum absolute atomic E-state index is 10.3. The number of aromatic hydroxyl groups is 1. The monoisotopic (exact) mass is 344 g/mol. The highest BCUT2D eigenvalue weighted by Gasteiger charge is 2.16. The lowest BCUT2D eigenvalue weighted by molar-refractivity contribution is 0.232. The van der Waals surface area contributed by atoms with E-state index in [0.717, 1.165) is 37.5 Å². The molecule has 0 bridgehead atoms. The number of nitrogens with zero attached hydrogens (tertiary/aromatic N) is 2. The highest BCUT2D eigenvalue weighted by atomic mass is 16.3. The Kier molecular flexibility index (Phi) is 6.56. The van der Waals surface area contributed by atoms with E-state index in [1.54, 1.807) is 7.05 Å². The number of hydrogen-bond acceptors (Lipinski definition) is 3. The van der Waals surface area contributed by atoms with Gasteiger partial charge in [-0.1, -0.05) is 12.5 Å². The molecular weight excluding hydrogens is 312 g/mol. The second-order valence-electron chi connectivity index (χ2n) is 7.16. The van der Waals surface area contributed by atoms with E-state index < -0.39 is 0 Å². The Morgan fingerprint density at radius 2 is 1.88 bits per heavy atom. The second kappa shape index (κ2) is 9.09. The number of aliphatic imine (C=N–C) groups is 1. The van der Waals surface area contributed by atoms with Crippen molar-refractivity contribution in [1.29, 1.82) is 0 Å². The standard InChI is InChI=1S/C20H32N4O/c1-21-20(22-11-14-24-12-5-2-6-13-24)23-15-18-17-8-4-3-7-16(17)9-10-19(18)25/h9-10,25H,2-8,11-15H2,1H3,(H2,21,22,23). The van der Waals surface area contributed by atoms with Crippen LogP contribution in [0.25, 0.3) is 0 Å². The summed E-state index contributed by atoms with van der Waals surface area (Å²) in [5.74, 6) is 1.21. The van der Waals surface area contributed by atoms with Crippen molar-refractivity contribution in [2.24, 2.45) is 4.99 Å². The fraction of sp³-hybridized carbons (Fsp3) is 0.650. The van der Waals surface area contributed by atoms with Gasteiger partial charge < -0.3 is 20.6 Å². The minimum atomic E-state index is 0.400. The van der Waals surface area contributed by atoms with Crippen molar-refractivity contribution >= 4 is 5.96 Å². The van der Waals surface area contributed by atoms with Gasteiger partial charge in [-0.2, -0.15) is 0 Å². The molecule has 1 saturated heterocycles. The molecular formula is C20H32N4O. The van der Waals surface area contributed by atoms with Crippen LogP contribution in [0.3, 0.4) is 0 Å². The highest BCUT2D eigenvalue weighted by Crippen LogP contribution is 2.30. The quantitative estimate of drug-likeness (QED) is 0.567. The van der Waals surface area contributed by atoms with Gasteiger partial charge in [0.05, 0.1) is 0 Å². The van der Waals surface area contributed by atoms with Gasteiger partial charge in [-0.25, -0.2) is 0 Å². The molecule has 1 aromatic rings. The number of likely N-dealkylation sites (tertiary alicyclic amines) is 1. The van der Waals surface area contributed by atoms with Gasteiger partial charge in [-0.3, -0.25) is 4.99 Å². The molecule has 0 atom stereocenters. The van der Waals surface area contributed by atoms with E-state index in [2.05, 4.69) is 26.6 Å². The highest BCUT2D eigenvalue weighted by molar-refractivity contribution is 5.79. The van der Waals surface area contributed by atoms with Crippen molar-refractivity contribution in [3.8, 4) is 5.75 Å². The first-order chi connectivity index (χ1) is 12.3. The van der Waals surface area contributed by atoms with Gasteiger partial charge in [-0.05, 0) is 68.8 Å². The van der Waals surface area contributed by atoms with E-state index in [1.165, 1.54) is 56.3 Å².